The number of hydrogen-bond donors (Lipinski definition) is 1. The lowest BCUT2D eigenvalue weighted by atomic mass is 9.98. The van der Waals surface area contributed by atoms with Crippen LogP contribution in [0.4, 0.5) is 4.79 Å². The van der Waals surface area contributed by atoms with Gasteiger partial charge in [-0.25, -0.2) is 4.79 Å². The number of nitrogens with one attached hydrogen (secondary N) is 1. The summed E-state index contributed by atoms with van der Waals surface area (Å²) in [5.74, 6) is 0. The summed E-state index contributed by atoms with van der Waals surface area (Å²) < 4.78 is 6.70. The normalized spacial score (nSPS) is 13.0. The Morgan fingerprint density at radius 3 is 2.46 bits per heavy atom. The standard InChI is InChI=1S/C18H23ClN2O3/c1-10-7-12(11(2)20-17(23)24-18(3,4)5)13-9-15(19)21(6)16(22)14(13)8-10/h7-9,11H,1-6H3,(H,20,23)/t11-/m1/s1. The van der Waals surface area contributed by atoms with Crippen molar-refractivity contribution in [3.05, 3.63) is 44.8 Å². The van der Waals surface area contributed by atoms with E-state index in [1.54, 1.807) is 13.1 Å². The second-order valence-corrected chi connectivity index (χ2v) is 7.40. The van der Waals surface area contributed by atoms with Crippen LogP contribution in [0.25, 0.3) is 10.8 Å². The van der Waals surface area contributed by atoms with E-state index in [1.807, 2.05) is 46.8 Å². The molecule has 2 aromatic rings. The van der Waals surface area contributed by atoms with E-state index >= 15 is 0 Å². The second kappa shape index (κ2) is 6.48. The maximum absolute atomic E-state index is 12.5. The molecule has 0 spiro atoms. The minimum Gasteiger partial charge on any atom is -0.444 e. The molecule has 130 valence electrons. The highest BCUT2D eigenvalue weighted by atomic mass is 35.5. The number of carbonyl (C=O) groups excluding carboxylic acids is 1. The molecule has 2 rings (SSSR count). The van der Waals surface area contributed by atoms with E-state index in [9.17, 15) is 9.59 Å². The van der Waals surface area contributed by atoms with Gasteiger partial charge in [0.1, 0.15) is 10.8 Å². The molecule has 24 heavy (non-hydrogen) atoms. The van der Waals surface area contributed by atoms with E-state index in [4.69, 9.17) is 16.3 Å². The lowest BCUT2D eigenvalue weighted by molar-refractivity contribution is 0.0508. The molecule has 0 fully saturated rings. The summed E-state index contributed by atoms with van der Waals surface area (Å²) in [5.41, 5.74) is 1.04. The van der Waals surface area contributed by atoms with Gasteiger partial charge in [0.15, 0.2) is 0 Å². The first-order valence-corrected chi connectivity index (χ1v) is 8.16. The number of hydrogen-bond acceptors (Lipinski definition) is 3. The zero-order valence-electron chi connectivity index (χ0n) is 14.9. The predicted octanol–water partition coefficient (Wildman–Crippen LogP) is 4.09. The maximum Gasteiger partial charge on any atom is 0.408 e. The Bertz CT molecular complexity index is 850. The SMILES string of the molecule is Cc1cc([C@@H](C)NC(=O)OC(C)(C)C)c2cc(Cl)n(C)c(=O)c2c1. The first-order valence-electron chi connectivity index (χ1n) is 7.79. The zero-order valence-corrected chi connectivity index (χ0v) is 15.6. The van der Waals surface area contributed by atoms with Gasteiger partial charge in [-0.2, -0.15) is 0 Å². The Morgan fingerprint density at radius 2 is 1.88 bits per heavy atom. The molecule has 1 aromatic carbocycles. The molecule has 6 heteroatoms. The fourth-order valence-electron chi connectivity index (χ4n) is 2.58. The highest BCUT2D eigenvalue weighted by molar-refractivity contribution is 6.30. The van der Waals surface area contributed by atoms with Crippen molar-refractivity contribution < 1.29 is 9.53 Å². The van der Waals surface area contributed by atoms with E-state index in [0.29, 0.717) is 10.5 Å². The summed E-state index contributed by atoms with van der Waals surface area (Å²) in [5, 5.41) is 4.47. The molecule has 1 atom stereocenters. The Hall–Kier alpha value is -2.01. The van der Waals surface area contributed by atoms with Gasteiger partial charge in [-0.05, 0) is 63.3 Å². The zero-order chi connectivity index (χ0) is 18.2. The van der Waals surface area contributed by atoms with Crippen LogP contribution in [0, 0.1) is 6.92 Å². The van der Waals surface area contributed by atoms with E-state index in [1.165, 1.54) is 4.57 Å². The third-order valence-corrected chi connectivity index (χ3v) is 4.04. The molecule has 0 aliphatic rings. The fraction of sp³-hybridized carbons (Fsp3) is 0.444. The minimum atomic E-state index is -0.572. The number of rotatable bonds is 2. The highest BCUT2D eigenvalue weighted by Crippen LogP contribution is 2.26. The third kappa shape index (κ3) is 3.90. The summed E-state index contributed by atoms with van der Waals surface area (Å²) >= 11 is 6.15. The maximum atomic E-state index is 12.5. The van der Waals surface area contributed by atoms with Gasteiger partial charge in [0.2, 0.25) is 0 Å². The van der Waals surface area contributed by atoms with Gasteiger partial charge in [0, 0.05) is 12.4 Å². The molecule has 1 N–H and O–H groups in total. The Balaban J connectivity index is 2.48. The molecule has 0 saturated heterocycles. The van der Waals surface area contributed by atoms with Gasteiger partial charge in [-0.1, -0.05) is 17.7 Å². The largest absolute Gasteiger partial charge is 0.444 e. The molecule has 1 amide bonds. The Morgan fingerprint density at radius 1 is 1.25 bits per heavy atom. The van der Waals surface area contributed by atoms with Crippen LogP contribution in [0.15, 0.2) is 23.0 Å². The lowest BCUT2D eigenvalue weighted by Gasteiger charge is -2.23. The number of carbonyl (C=O) groups is 1. The molecule has 0 bridgehead atoms. The van der Waals surface area contributed by atoms with E-state index in [2.05, 4.69) is 5.32 Å². The minimum absolute atomic E-state index is 0.160. The first kappa shape index (κ1) is 18.3. The fourth-order valence-corrected chi connectivity index (χ4v) is 2.76. The van der Waals surface area contributed by atoms with Crippen molar-refractivity contribution in [2.24, 2.45) is 7.05 Å². The molecule has 5 nitrogen and oxygen atoms in total. The highest BCUT2D eigenvalue weighted by Gasteiger charge is 2.20. The van der Waals surface area contributed by atoms with E-state index in [0.717, 1.165) is 16.5 Å². The van der Waals surface area contributed by atoms with Crippen LogP contribution < -0.4 is 10.9 Å². The molecule has 0 saturated carbocycles. The molecular formula is C18H23ClN2O3. The number of pyridine rings is 1. The lowest BCUT2D eigenvalue weighted by Crippen LogP contribution is -2.34. The average molecular weight is 351 g/mol. The van der Waals surface area contributed by atoms with Crippen LogP contribution in [0.1, 0.15) is 44.9 Å². The molecular weight excluding hydrogens is 328 g/mol. The van der Waals surface area contributed by atoms with Gasteiger partial charge in [0.25, 0.3) is 5.56 Å². The monoisotopic (exact) mass is 350 g/mol. The summed E-state index contributed by atoms with van der Waals surface area (Å²) in [6.45, 7) is 9.19. The molecule has 0 radical (unpaired) electrons. The van der Waals surface area contributed by atoms with Crippen molar-refractivity contribution in [3.8, 4) is 0 Å². The van der Waals surface area contributed by atoms with Gasteiger partial charge in [-0.15, -0.1) is 0 Å². The van der Waals surface area contributed by atoms with Crippen molar-refractivity contribution in [3.63, 3.8) is 0 Å². The van der Waals surface area contributed by atoms with E-state index < -0.39 is 11.7 Å². The number of ether oxygens (including phenoxy) is 1. The summed E-state index contributed by atoms with van der Waals surface area (Å²) in [4.78, 5) is 24.5. The van der Waals surface area contributed by atoms with Crippen LogP contribution in [0.2, 0.25) is 5.15 Å². The van der Waals surface area contributed by atoms with Crippen molar-refractivity contribution in [1.82, 2.24) is 9.88 Å². The molecule has 1 heterocycles. The number of aryl methyl sites for hydroxylation is 1. The Labute approximate surface area is 146 Å². The van der Waals surface area contributed by atoms with Crippen LogP contribution in [0.5, 0.6) is 0 Å². The quantitative estimate of drug-likeness (QED) is 0.830. The van der Waals surface area contributed by atoms with Crippen molar-refractivity contribution >= 4 is 28.5 Å². The van der Waals surface area contributed by atoms with Crippen LogP contribution in [-0.2, 0) is 11.8 Å². The smallest absolute Gasteiger partial charge is 0.408 e. The number of amides is 1. The number of halogens is 1. The molecule has 0 unspecified atom stereocenters. The van der Waals surface area contributed by atoms with Gasteiger partial charge < -0.3 is 14.6 Å². The van der Waals surface area contributed by atoms with Gasteiger partial charge >= 0.3 is 6.09 Å². The van der Waals surface area contributed by atoms with Crippen LogP contribution in [0.3, 0.4) is 0 Å². The number of nitrogens with zero attached hydrogens (tertiary/aromatic N) is 1. The second-order valence-electron chi connectivity index (χ2n) is 7.01. The number of benzene rings is 1. The summed E-state index contributed by atoms with van der Waals surface area (Å²) in [6.07, 6.45) is -0.500. The van der Waals surface area contributed by atoms with Crippen molar-refractivity contribution in [2.75, 3.05) is 0 Å². The summed E-state index contributed by atoms with van der Waals surface area (Å²) in [7, 11) is 1.63. The molecule has 0 aliphatic carbocycles. The van der Waals surface area contributed by atoms with Gasteiger partial charge in [0.05, 0.1) is 6.04 Å². The summed E-state index contributed by atoms with van der Waals surface area (Å²) in [6, 6.07) is 5.20. The first-order chi connectivity index (χ1) is 11.0. The van der Waals surface area contributed by atoms with E-state index in [-0.39, 0.29) is 11.6 Å². The van der Waals surface area contributed by atoms with Crippen LogP contribution >= 0.6 is 11.6 Å². The average Bonchev–Trinajstić information content (AvgIpc) is 2.43. The third-order valence-electron chi connectivity index (χ3n) is 3.68. The topological polar surface area (TPSA) is 60.3 Å². The number of alkyl carbamates (subject to hydrolysis) is 1. The van der Waals surface area contributed by atoms with Crippen LogP contribution in [-0.4, -0.2) is 16.3 Å². The number of fused-ring (bicyclic) bond motifs is 1. The number of aromatic nitrogens is 1. The molecule has 0 aliphatic heterocycles. The Kier molecular flexibility index (Phi) is 4.95. The molecule has 1 aromatic heterocycles. The van der Waals surface area contributed by atoms with Crippen molar-refractivity contribution in [1.29, 1.82) is 0 Å². The predicted molar refractivity (Wildman–Crippen MR) is 96.7 cm³/mol. The van der Waals surface area contributed by atoms with Gasteiger partial charge in [-0.3, -0.25) is 4.79 Å². The van der Waals surface area contributed by atoms with Crippen molar-refractivity contribution in [2.45, 2.75) is 46.3 Å².